The zero-order chi connectivity index (χ0) is 21.4. The number of amides is 1. The lowest BCUT2D eigenvalue weighted by Crippen LogP contribution is -2.35. The molecule has 4 rings (SSSR count). The summed E-state index contributed by atoms with van der Waals surface area (Å²) in [5.41, 5.74) is 8.71. The van der Waals surface area contributed by atoms with Gasteiger partial charge in [-0.05, 0) is 31.0 Å². The number of hydrogen-bond acceptors (Lipinski definition) is 5. The first-order chi connectivity index (χ1) is 14.4. The minimum Gasteiger partial charge on any atom is -0.396 e. The number of aromatic nitrogens is 5. The maximum absolute atomic E-state index is 12.8. The van der Waals surface area contributed by atoms with Crippen molar-refractivity contribution in [1.29, 1.82) is 0 Å². The summed E-state index contributed by atoms with van der Waals surface area (Å²) in [6.07, 6.45) is 3.66. The van der Waals surface area contributed by atoms with E-state index in [0.29, 0.717) is 44.5 Å². The maximum atomic E-state index is 12.8. The van der Waals surface area contributed by atoms with E-state index in [1.807, 2.05) is 6.92 Å². The van der Waals surface area contributed by atoms with Gasteiger partial charge in [0.1, 0.15) is 11.2 Å². The molecule has 0 fully saturated rings. The maximum Gasteiger partial charge on any atom is 0.289 e. The van der Waals surface area contributed by atoms with Crippen LogP contribution in [0.3, 0.4) is 0 Å². The van der Waals surface area contributed by atoms with Crippen LogP contribution < -0.4 is 5.73 Å². The molecule has 0 unspecified atom stereocenters. The highest BCUT2D eigenvalue weighted by Crippen LogP contribution is 2.29. The number of nitrogen functional groups attached to an aromatic ring is 1. The molecular weight excluding hydrogens is 425 g/mol. The molecule has 3 aromatic heterocycles. The van der Waals surface area contributed by atoms with Crippen molar-refractivity contribution in [3.05, 3.63) is 52.2 Å². The molecule has 0 aliphatic rings. The topological polar surface area (TPSA) is 105 Å². The molecule has 3 N–H and O–H groups in total. The highest BCUT2D eigenvalue weighted by molar-refractivity contribution is 6.44. The molecule has 0 bridgehead atoms. The van der Waals surface area contributed by atoms with Crippen molar-refractivity contribution < 1.29 is 4.79 Å². The van der Waals surface area contributed by atoms with Gasteiger partial charge in [0, 0.05) is 19.5 Å². The number of rotatable bonds is 3. The quantitative estimate of drug-likeness (QED) is 0.474. The van der Waals surface area contributed by atoms with Crippen molar-refractivity contribution >= 4 is 51.5 Å². The molecule has 4 aromatic rings. The second kappa shape index (κ2) is 7.86. The Kier molecular flexibility index (Phi) is 5.24. The van der Waals surface area contributed by atoms with Gasteiger partial charge in [0.2, 0.25) is 0 Å². The van der Waals surface area contributed by atoms with Crippen LogP contribution in [0.15, 0.2) is 30.6 Å². The summed E-state index contributed by atoms with van der Waals surface area (Å²) in [5, 5.41) is 4.91. The fourth-order valence-corrected chi connectivity index (χ4v) is 3.27. The molecule has 0 saturated heterocycles. The van der Waals surface area contributed by atoms with Crippen LogP contribution in [-0.2, 0) is 0 Å². The predicted molar refractivity (Wildman–Crippen MR) is 117 cm³/mol. The highest BCUT2D eigenvalue weighted by atomic mass is 35.5. The summed E-state index contributed by atoms with van der Waals surface area (Å²) in [6.45, 7) is 1.91. The molecule has 0 aliphatic heterocycles. The van der Waals surface area contributed by atoms with Gasteiger partial charge in [0.05, 0.1) is 33.6 Å². The van der Waals surface area contributed by atoms with E-state index in [0.717, 1.165) is 0 Å². The molecule has 1 amide bonds. The second-order valence-electron chi connectivity index (χ2n) is 6.78. The van der Waals surface area contributed by atoms with Crippen LogP contribution in [0.5, 0.6) is 0 Å². The SMILES string of the molecule is C[C@@H](CC#Cc1cnc2c(N)ccnn12)N(C)C(=O)c1nc2c(Cl)c(Cl)ccc2[nH]1. The number of hydrogen-bond donors (Lipinski definition) is 2. The number of H-pyrrole nitrogens is 1. The van der Waals surface area contributed by atoms with Crippen molar-refractivity contribution in [2.45, 2.75) is 19.4 Å². The molecule has 0 radical (unpaired) electrons. The van der Waals surface area contributed by atoms with E-state index in [1.165, 1.54) is 0 Å². The number of nitrogens with two attached hydrogens (primary N) is 1. The molecule has 1 aromatic carbocycles. The first-order valence-electron chi connectivity index (χ1n) is 9.04. The standard InChI is InChI=1S/C20H17Cl2N7O/c1-11(4-3-5-12-10-24-19-14(23)8-9-25-29(12)19)28(2)20(30)18-26-15-7-6-13(21)16(22)17(15)27-18/h6-11H,4,23H2,1-2H3,(H,26,27)/t11-/m0/s1. The summed E-state index contributed by atoms with van der Waals surface area (Å²) in [4.78, 5) is 25.9. The van der Waals surface area contributed by atoms with Gasteiger partial charge in [-0.3, -0.25) is 4.79 Å². The smallest absolute Gasteiger partial charge is 0.289 e. The summed E-state index contributed by atoms with van der Waals surface area (Å²) in [7, 11) is 1.70. The molecule has 10 heteroatoms. The molecule has 30 heavy (non-hydrogen) atoms. The van der Waals surface area contributed by atoms with Crippen LogP contribution in [0.1, 0.15) is 29.7 Å². The predicted octanol–water partition coefficient (Wildman–Crippen LogP) is 3.40. The van der Waals surface area contributed by atoms with Crippen molar-refractivity contribution in [2.24, 2.45) is 0 Å². The molecule has 0 aliphatic carbocycles. The van der Waals surface area contributed by atoms with Crippen LogP contribution in [0.25, 0.3) is 16.7 Å². The first kappa shape index (κ1) is 20.0. The number of anilines is 1. The molecule has 0 saturated carbocycles. The lowest BCUT2D eigenvalue weighted by Gasteiger charge is -2.22. The number of carbonyl (C=O) groups excluding carboxylic acids is 1. The van der Waals surface area contributed by atoms with Crippen LogP contribution in [0, 0.1) is 11.8 Å². The lowest BCUT2D eigenvalue weighted by molar-refractivity contribution is 0.0735. The highest BCUT2D eigenvalue weighted by Gasteiger charge is 2.21. The van der Waals surface area contributed by atoms with Gasteiger partial charge >= 0.3 is 0 Å². The fourth-order valence-electron chi connectivity index (χ4n) is 2.91. The van der Waals surface area contributed by atoms with Gasteiger partial charge in [-0.15, -0.1) is 0 Å². The number of halogens is 2. The number of imidazole rings is 2. The van der Waals surface area contributed by atoms with Gasteiger partial charge in [0.25, 0.3) is 5.91 Å². The zero-order valence-corrected chi connectivity index (χ0v) is 17.7. The summed E-state index contributed by atoms with van der Waals surface area (Å²) < 4.78 is 1.59. The number of fused-ring (bicyclic) bond motifs is 2. The molecule has 8 nitrogen and oxygen atoms in total. The average molecular weight is 442 g/mol. The van der Waals surface area contributed by atoms with E-state index < -0.39 is 0 Å². The third kappa shape index (κ3) is 3.54. The second-order valence-corrected chi connectivity index (χ2v) is 7.56. The fraction of sp³-hybridized carbons (Fsp3) is 0.200. The summed E-state index contributed by atoms with van der Waals surface area (Å²) in [5.74, 6) is 6.03. The van der Waals surface area contributed by atoms with Crippen molar-refractivity contribution in [1.82, 2.24) is 29.5 Å². The largest absolute Gasteiger partial charge is 0.396 e. The van der Waals surface area contributed by atoms with Crippen molar-refractivity contribution in [3.63, 3.8) is 0 Å². The Morgan fingerprint density at radius 3 is 2.97 bits per heavy atom. The molecule has 152 valence electrons. The third-order valence-corrected chi connectivity index (χ3v) is 5.57. The molecular formula is C20H17Cl2N7O. The molecule has 0 spiro atoms. The Labute approximate surface area is 182 Å². The summed E-state index contributed by atoms with van der Waals surface area (Å²) >= 11 is 12.2. The van der Waals surface area contributed by atoms with Gasteiger partial charge in [-0.1, -0.05) is 29.1 Å². The van der Waals surface area contributed by atoms with Gasteiger partial charge in [-0.25, -0.2) is 14.5 Å². The Balaban J connectivity index is 1.49. The van der Waals surface area contributed by atoms with Crippen LogP contribution in [-0.4, -0.2) is 48.5 Å². The number of nitrogens with zero attached hydrogens (tertiary/aromatic N) is 5. The third-order valence-electron chi connectivity index (χ3n) is 4.78. The van der Waals surface area contributed by atoms with Crippen LogP contribution in [0.4, 0.5) is 5.69 Å². The lowest BCUT2D eigenvalue weighted by atomic mass is 10.2. The Morgan fingerprint density at radius 2 is 2.17 bits per heavy atom. The van der Waals surface area contributed by atoms with E-state index in [-0.39, 0.29) is 17.8 Å². The summed E-state index contributed by atoms with van der Waals surface area (Å²) in [6, 6.07) is 4.92. The Bertz CT molecular complexity index is 1330. The number of carbonyl (C=O) groups is 1. The van der Waals surface area contributed by atoms with Crippen LogP contribution >= 0.6 is 23.2 Å². The van der Waals surface area contributed by atoms with Gasteiger partial charge in [0.15, 0.2) is 11.5 Å². The van der Waals surface area contributed by atoms with Gasteiger partial charge in [-0.2, -0.15) is 5.10 Å². The minimum absolute atomic E-state index is 0.158. The van der Waals surface area contributed by atoms with E-state index in [4.69, 9.17) is 28.9 Å². The van der Waals surface area contributed by atoms with E-state index >= 15 is 0 Å². The van der Waals surface area contributed by atoms with E-state index in [2.05, 4.69) is 31.9 Å². The van der Waals surface area contributed by atoms with E-state index in [1.54, 1.807) is 47.1 Å². The van der Waals surface area contributed by atoms with Gasteiger partial charge < -0.3 is 15.6 Å². The number of aromatic amines is 1. The Hall–Kier alpha value is -3.28. The normalized spacial score (nSPS) is 12.0. The monoisotopic (exact) mass is 441 g/mol. The van der Waals surface area contributed by atoms with E-state index in [9.17, 15) is 4.79 Å². The average Bonchev–Trinajstić information content (AvgIpc) is 3.35. The first-order valence-corrected chi connectivity index (χ1v) is 9.80. The minimum atomic E-state index is -0.267. The molecule has 1 atom stereocenters. The van der Waals surface area contributed by atoms with Crippen LogP contribution in [0.2, 0.25) is 10.0 Å². The number of nitrogens with one attached hydrogen (secondary N) is 1. The Morgan fingerprint density at radius 1 is 1.37 bits per heavy atom. The number of benzene rings is 1. The van der Waals surface area contributed by atoms with Crippen molar-refractivity contribution in [3.8, 4) is 11.8 Å². The molecule has 3 heterocycles. The zero-order valence-electron chi connectivity index (χ0n) is 16.1. The van der Waals surface area contributed by atoms with Crippen molar-refractivity contribution in [2.75, 3.05) is 12.8 Å².